The van der Waals surface area contributed by atoms with Crippen LogP contribution in [0, 0.1) is 0 Å². The number of anilines is 1. The van der Waals surface area contributed by atoms with E-state index in [1.807, 2.05) is 362 Å². The van der Waals surface area contributed by atoms with Crippen molar-refractivity contribution in [3.8, 4) is 0 Å². The maximum absolute atomic E-state index is 11.2. The number of pyridine rings is 2. The molecule has 3 saturated heterocycles. The van der Waals surface area contributed by atoms with Crippen LogP contribution in [-0.2, 0) is 37.3 Å². The van der Waals surface area contributed by atoms with Gasteiger partial charge in [0.25, 0.3) is 0 Å². The first-order valence-corrected chi connectivity index (χ1v) is 51.0. The van der Waals surface area contributed by atoms with Gasteiger partial charge in [-0.15, -0.1) is 44.6 Å². The van der Waals surface area contributed by atoms with Gasteiger partial charge in [0.1, 0.15) is 6.54 Å². The zero-order valence-electron chi connectivity index (χ0n) is 91.6. The second kappa shape index (κ2) is 124. The van der Waals surface area contributed by atoms with Gasteiger partial charge < -0.3 is 77.8 Å². The van der Waals surface area contributed by atoms with Crippen LogP contribution < -0.4 is 58.5 Å². The molecule has 4 aliphatic rings. The Kier molecular flexibility index (Phi) is 122. The molecule has 0 aliphatic carbocycles. The molecule has 0 bridgehead atoms. The fraction of sp³-hybridized carbons (Fsp3) is 0.397. The van der Waals surface area contributed by atoms with Gasteiger partial charge in [0, 0.05) is 142 Å². The lowest BCUT2D eigenvalue weighted by Crippen LogP contribution is -2.34. The highest BCUT2D eigenvalue weighted by atomic mass is 16.2. The molecule has 3 aromatic heterocycles. The van der Waals surface area contributed by atoms with Crippen molar-refractivity contribution in [3.05, 3.63) is 422 Å². The maximum atomic E-state index is 11.2. The van der Waals surface area contributed by atoms with E-state index < -0.39 is 0 Å². The third-order valence-electron chi connectivity index (χ3n) is 17.9. The van der Waals surface area contributed by atoms with Gasteiger partial charge in [0.15, 0.2) is 0 Å². The third kappa shape index (κ3) is 112. The van der Waals surface area contributed by atoms with Crippen LogP contribution in [-0.4, -0.2) is 158 Å². The molecule has 11 rings (SSSR count). The summed E-state index contributed by atoms with van der Waals surface area (Å²) in [5.74, 6) is 0.325. The number of imidazole rings is 1. The zero-order valence-corrected chi connectivity index (χ0v) is 91.6. The second-order valence-electron chi connectivity index (χ2n) is 30.9. The van der Waals surface area contributed by atoms with Crippen molar-refractivity contribution in [1.29, 1.82) is 0 Å². The molecule has 0 unspecified atom stereocenters. The number of carbonyl (C=O) groups excluding carboxylic acids is 1. The molecule has 7 aromatic rings. The van der Waals surface area contributed by atoms with Crippen molar-refractivity contribution in [2.75, 3.05) is 118 Å². The Balaban J connectivity index is -0.000000355. The van der Waals surface area contributed by atoms with Crippen molar-refractivity contribution in [2.45, 2.75) is 207 Å². The SMILES string of the molecule is C=CC.C=CC.C=CC.C=CC.C=CC.C=CC.CC=CNCCC1=NN=NC1.CC=CNCCCN1CCCC1=O.CC=CNCCCn1ccnc1.CC=CNCCN1CCCCC1.CC=CNCCN1CCCCC1.CC=CNCCc1ccccc1.CC=CNCc1ccccn1.CC=CNCc1cccnc1.CC=CNc1ccccc1.CNC=CCc1ccccc1.CNC=Cc1ccccc1. The quantitative estimate of drug-likeness (QED) is 0.0127. The average molecular weight is 1960 g/mol. The van der Waals surface area contributed by atoms with E-state index in [0.29, 0.717) is 12.5 Å². The summed E-state index contributed by atoms with van der Waals surface area (Å²) < 4.78 is 2.08. The van der Waals surface area contributed by atoms with E-state index in [9.17, 15) is 4.79 Å². The smallest absolute Gasteiger partial charge is 0.222 e. The Morgan fingerprint density at radius 3 is 1.22 bits per heavy atom. The average Bonchev–Trinajstić information content (AvgIpc) is 1.79. The van der Waals surface area contributed by atoms with Crippen molar-refractivity contribution in [2.24, 2.45) is 15.4 Å². The fourth-order valence-corrected chi connectivity index (χ4v) is 11.5. The van der Waals surface area contributed by atoms with Crippen LogP contribution in [0.4, 0.5) is 5.69 Å². The minimum Gasteiger partial charge on any atom is -0.394 e. The largest absolute Gasteiger partial charge is 0.394 e. The number of aryl methyl sites for hydroxylation is 1. The van der Waals surface area contributed by atoms with Gasteiger partial charge >= 0.3 is 0 Å². The van der Waals surface area contributed by atoms with Crippen LogP contribution >= 0.6 is 0 Å². The highest BCUT2D eigenvalue weighted by Gasteiger charge is 2.19. The first-order chi connectivity index (χ1) is 70.1. The van der Waals surface area contributed by atoms with E-state index in [1.165, 1.54) is 100 Å². The molecule has 0 atom stereocenters. The van der Waals surface area contributed by atoms with Crippen molar-refractivity contribution >= 4 is 23.4 Å². The molecular formula is C121H195N21O. The van der Waals surface area contributed by atoms with E-state index in [2.05, 4.69) is 209 Å². The Labute approximate surface area is 872 Å². The van der Waals surface area contributed by atoms with E-state index in [0.717, 1.165) is 134 Å². The van der Waals surface area contributed by atoms with E-state index >= 15 is 0 Å². The summed E-state index contributed by atoms with van der Waals surface area (Å²) in [5.41, 5.74) is 8.39. The number of para-hydroxylation sites is 1. The van der Waals surface area contributed by atoms with E-state index in [4.69, 9.17) is 0 Å². The molecule has 4 aromatic carbocycles. The normalized spacial score (nSPS) is 12.3. The number of nitrogens with one attached hydrogen (secondary N) is 11. The summed E-state index contributed by atoms with van der Waals surface area (Å²) in [5, 5.41) is 45.5. The summed E-state index contributed by atoms with van der Waals surface area (Å²) in [6.07, 6.45) is 80.5. The van der Waals surface area contributed by atoms with Gasteiger partial charge in [0.2, 0.25) is 5.91 Å². The van der Waals surface area contributed by atoms with E-state index in [-0.39, 0.29) is 0 Å². The summed E-state index contributed by atoms with van der Waals surface area (Å²) in [4.78, 5) is 30.3. The van der Waals surface area contributed by atoms with Crippen LogP contribution in [0.2, 0.25) is 0 Å². The fourth-order valence-electron chi connectivity index (χ4n) is 11.5. The monoisotopic (exact) mass is 1960 g/mol. The molecule has 0 radical (unpaired) electrons. The Hall–Kier alpha value is -13.6. The summed E-state index contributed by atoms with van der Waals surface area (Å²) in [6, 6.07) is 51.0. The molecule has 1 amide bonds. The summed E-state index contributed by atoms with van der Waals surface area (Å²) >= 11 is 0. The number of hydrogen-bond donors (Lipinski definition) is 11. The maximum Gasteiger partial charge on any atom is 0.222 e. The van der Waals surface area contributed by atoms with Crippen LogP contribution in [0.25, 0.3) is 6.08 Å². The van der Waals surface area contributed by atoms with Crippen LogP contribution in [0.15, 0.2) is 409 Å². The van der Waals surface area contributed by atoms with Gasteiger partial charge in [-0.25, -0.2) is 4.98 Å². The number of piperidine rings is 2. The first kappa shape index (κ1) is 140. The lowest BCUT2D eigenvalue weighted by Gasteiger charge is -2.26. The zero-order chi connectivity index (χ0) is 107. The number of hydrogen-bond acceptors (Lipinski definition) is 20. The van der Waals surface area contributed by atoms with Gasteiger partial charge in [-0.05, 0) is 320 Å². The number of carbonyl (C=O) groups is 1. The number of nitrogens with zero attached hydrogens (tertiary/aromatic N) is 10. The van der Waals surface area contributed by atoms with Gasteiger partial charge in [0.05, 0.1) is 24.3 Å². The number of rotatable bonds is 39. The van der Waals surface area contributed by atoms with Crippen molar-refractivity contribution in [3.63, 3.8) is 0 Å². The number of amides is 1. The lowest BCUT2D eigenvalue weighted by atomic mass is 10.1. The van der Waals surface area contributed by atoms with Crippen LogP contribution in [0.5, 0.6) is 0 Å². The molecule has 790 valence electrons. The van der Waals surface area contributed by atoms with Crippen molar-refractivity contribution < 1.29 is 4.79 Å². The van der Waals surface area contributed by atoms with Gasteiger partial charge in [-0.1, -0.05) is 231 Å². The number of allylic oxidation sites excluding steroid dienone is 16. The predicted molar refractivity (Wildman–Crippen MR) is 631 cm³/mol. The van der Waals surface area contributed by atoms with Crippen LogP contribution in [0.3, 0.4) is 0 Å². The highest BCUT2D eigenvalue weighted by Crippen LogP contribution is 2.12. The van der Waals surface area contributed by atoms with E-state index in [1.54, 1.807) is 55.0 Å². The summed E-state index contributed by atoms with van der Waals surface area (Å²) in [6.45, 7) is 68.4. The number of benzene rings is 4. The number of aromatic nitrogens is 4. The Morgan fingerprint density at radius 2 is 0.797 bits per heavy atom. The minimum atomic E-state index is 0.325. The molecular weight excluding hydrogens is 1760 g/mol. The standard InChI is InChI=1S/C11H15N.C10H18N2O.2C10H20N2.C10H13N.C9H15N3.2C9H12N2.2C9H11N.C7H12N4.6C3H6/c1-2-9-12-10-8-11-6-4-3-5-7-11;1-2-6-11-7-4-9-12-8-3-5-10(12)13;2*1-2-6-11-7-10-12-8-4-3-5-9-12;1-11-9-5-8-10-6-3-2-4-7-10;1-2-4-10-5-3-7-12-8-6-11-9-12;1-2-6-10-8-9-5-3-4-7-11-9;1-2-5-10-7-9-4-3-6-11-8-9;1-10-8-7-9-5-3-2-4-6-9;1-2-8-10-9-6-4-3-5-7-9;1-2-4-8-5-3-7-6-9-11-10-7;6*1-3-2/h2-7,9,12H,8,10H2,1H3;2,6,11H,3-5,7-9H2,1H3;2*2,6,11H,3-5,7-10H2,1H3;2-7,9,11H,8H2,1H3;2,4,6,8-10H,3,5,7H2,1H3;2-7,10H,8H2,1H3;2-6,8,10H,7H2,1H3;2*2-8,10H,1H3;2,4,8H,3,5-6H2,1H3;6*3H,1H2,2H3. The van der Waals surface area contributed by atoms with Crippen molar-refractivity contribution in [1.82, 2.24) is 87.4 Å². The van der Waals surface area contributed by atoms with Crippen LogP contribution in [0.1, 0.15) is 202 Å². The minimum absolute atomic E-state index is 0.325. The Morgan fingerprint density at radius 1 is 0.371 bits per heavy atom. The van der Waals surface area contributed by atoms with Gasteiger partial charge in [-0.3, -0.25) is 14.8 Å². The highest BCUT2D eigenvalue weighted by molar-refractivity contribution is 5.87. The Bertz CT molecular complexity index is 4080. The molecule has 11 N–H and O–H groups in total. The molecule has 3 fully saturated rings. The molecule has 4 aliphatic heterocycles. The number of likely N-dealkylation sites (tertiary alicyclic amines) is 3. The molecule has 0 spiro atoms. The van der Waals surface area contributed by atoms with Gasteiger partial charge in [-0.2, -0.15) is 5.11 Å². The second-order valence-corrected chi connectivity index (χ2v) is 30.9. The molecule has 22 heteroatoms. The topological polar surface area (TPSA) is 240 Å². The predicted octanol–water partition coefficient (Wildman–Crippen LogP) is 26.4. The lowest BCUT2D eigenvalue weighted by molar-refractivity contribution is -0.127. The molecule has 0 saturated carbocycles. The molecule has 22 nitrogen and oxygen atoms in total. The summed E-state index contributed by atoms with van der Waals surface area (Å²) in [7, 11) is 3.79. The first-order valence-electron chi connectivity index (χ1n) is 51.0. The molecule has 143 heavy (non-hydrogen) atoms. The third-order valence-corrected chi connectivity index (χ3v) is 17.9. The molecule has 7 heterocycles.